The molecule has 0 amide bonds. The molecule has 1 aromatic rings. The Bertz CT molecular complexity index is 406. The summed E-state index contributed by atoms with van der Waals surface area (Å²) in [6.45, 7) is 9.95. The van der Waals surface area contributed by atoms with Crippen LogP contribution in [0.25, 0.3) is 0 Å². The second kappa shape index (κ2) is 6.01. The molecule has 0 aliphatic carbocycles. The highest BCUT2D eigenvalue weighted by molar-refractivity contribution is 5.73. The highest BCUT2D eigenvalue weighted by Crippen LogP contribution is 2.18. The molecule has 100 valence electrons. The minimum absolute atomic E-state index is 0.0344. The highest BCUT2D eigenvalue weighted by atomic mass is 16.4. The van der Waals surface area contributed by atoms with Crippen molar-refractivity contribution in [1.82, 2.24) is 5.32 Å². The van der Waals surface area contributed by atoms with E-state index in [2.05, 4.69) is 37.4 Å². The summed E-state index contributed by atoms with van der Waals surface area (Å²) in [6, 6.07) is 5.84. The van der Waals surface area contributed by atoms with Crippen LogP contribution in [0.2, 0.25) is 0 Å². The smallest absolute Gasteiger partial charge is 0.320 e. The van der Waals surface area contributed by atoms with Gasteiger partial charge in [-0.1, -0.05) is 43.2 Å². The first-order chi connectivity index (χ1) is 8.31. The quantitative estimate of drug-likeness (QED) is 0.843. The van der Waals surface area contributed by atoms with Gasteiger partial charge in [-0.15, -0.1) is 0 Å². The van der Waals surface area contributed by atoms with E-state index < -0.39 is 12.0 Å². The standard InChI is InChI=1S/C15H23NO2/c1-9(2)14(15(17)18)16-12(5)13-7-10(3)6-11(4)8-13/h6-9,12,14,16H,1-5H3,(H,17,18). The summed E-state index contributed by atoms with van der Waals surface area (Å²) in [5.41, 5.74) is 3.55. The van der Waals surface area contributed by atoms with E-state index in [1.807, 2.05) is 20.8 Å². The van der Waals surface area contributed by atoms with Gasteiger partial charge in [0, 0.05) is 6.04 Å². The number of hydrogen-bond donors (Lipinski definition) is 2. The number of benzene rings is 1. The Kier molecular flexibility index (Phi) is 4.91. The molecular weight excluding hydrogens is 226 g/mol. The van der Waals surface area contributed by atoms with E-state index in [0.717, 1.165) is 5.56 Å². The number of carboxylic acids is 1. The lowest BCUT2D eigenvalue weighted by Gasteiger charge is -2.23. The maximum atomic E-state index is 11.2. The molecular formula is C15H23NO2. The van der Waals surface area contributed by atoms with E-state index >= 15 is 0 Å². The summed E-state index contributed by atoms with van der Waals surface area (Å²) in [7, 11) is 0. The minimum Gasteiger partial charge on any atom is -0.480 e. The Morgan fingerprint density at radius 3 is 2.00 bits per heavy atom. The van der Waals surface area contributed by atoms with Gasteiger partial charge in [-0.2, -0.15) is 0 Å². The van der Waals surface area contributed by atoms with Crippen LogP contribution in [0.15, 0.2) is 18.2 Å². The van der Waals surface area contributed by atoms with E-state index in [1.165, 1.54) is 11.1 Å². The van der Waals surface area contributed by atoms with Gasteiger partial charge >= 0.3 is 5.97 Å². The first-order valence-electron chi connectivity index (χ1n) is 6.38. The monoisotopic (exact) mass is 249 g/mol. The Labute approximate surface area is 109 Å². The Morgan fingerprint density at radius 1 is 1.11 bits per heavy atom. The van der Waals surface area contributed by atoms with Gasteiger partial charge in [-0.3, -0.25) is 10.1 Å². The molecule has 2 unspecified atom stereocenters. The zero-order valence-corrected chi connectivity index (χ0v) is 11.8. The zero-order valence-electron chi connectivity index (χ0n) is 11.8. The molecule has 2 N–H and O–H groups in total. The molecule has 0 saturated carbocycles. The van der Waals surface area contributed by atoms with Crippen molar-refractivity contribution in [3.63, 3.8) is 0 Å². The summed E-state index contributed by atoms with van der Waals surface area (Å²) in [5, 5.41) is 12.4. The maximum Gasteiger partial charge on any atom is 0.320 e. The number of aryl methyl sites for hydroxylation is 2. The van der Waals surface area contributed by atoms with Crippen LogP contribution in [-0.2, 0) is 4.79 Å². The molecule has 0 aliphatic rings. The third-order valence-electron chi connectivity index (χ3n) is 3.11. The van der Waals surface area contributed by atoms with E-state index in [9.17, 15) is 9.90 Å². The molecule has 0 aromatic heterocycles. The van der Waals surface area contributed by atoms with Crippen LogP contribution in [-0.4, -0.2) is 17.1 Å². The van der Waals surface area contributed by atoms with Crippen molar-refractivity contribution in [3.05, 3.63) is 34.9 Å². The summed E-state index contributed by atoms with van der Waals surface area (Å²) < 4.78 is 0. The van der Waals surface area contributed by atoms with Crippen LogP contribution >= 0.6 is 0 Å². The van der Waals surface area contributed by atoms with E-state index in [0.29, 0.717) is 0 Å². The zero-order chi connectivity index (χ0) is 13.9. The van der Waals surface area contributed by atoms with Gasteiger partial charge in [0.1, 0.15) is 6.04 Å². The third-order valence-corrected chi connectivity index (χ3v) is 3.11. The SMILES string of the molecule is Cc1cc(C)cc(C(C)NC(C(=O)O)C(C)C)c1. The second-order valence-corrected chi connectivity index (χ2v) is 5.37. The van der Waals surface area contributed by atoms with Gasteiger partial charge in [0.25, 0.3) is 0 Å². The van der Waals surface area contributed by atoms with Gasteiger partial charge in [-0.05, 0) is 32.3 Å². The molecule has 0 spiro atoms. The lowest BCUT2D eigenvalue weighted by Crippen LogP contribution is -2.42. The van der Waals surface area contributed by atoms with Gasteiger partial charge < -0.3 is 5.11 Å². The second-order valence-electron chi connectivity index (χ2n) is 5.37. The Balaban J connectivity index is 2.86. The van der Waals surface area contributed by atoms with E-state index in [4.69, 9.17) is 0 Å². The van der Waals surface area contributed by atoms with Crippen molar-refractivity contribution in [3.8, 4) is 0 Å². The van der Waals surface area contributed by atoms with Crippen LogP contribution in [0.5, 0.6) is 0 Å². The molecule has 1 aromatic carbocycles. The van der Waals surface area contributed by atoms with Crippen LogP contribution < -0.4 is 5.32 Å². The van der Waals surface area contributed by atoms with Gasteiger partial charge in [-0.25, -0.2) is 0 Å². The average Bonchev–Trinajstić information content (AvgIpc) is 2.23. The first-order valence-corrected chi connectivity index (χ1v) is 6.38. The molecule has 2 atom stereocenters. The molecule has 0 bridgehead atoms. The number of hydrogen-bond acceptors (Lipinski definition) is 2. The molecule has 0 saturated heterocycles. The molecule has 0 heterocycles. The van der Waals surface area contributed by atoms with Crippen LogP contribution in [0, 0.1) is 19.8 Å². The Morgan fingerprint density at radius 2 is 1.61 bits per heavy atom. The largest absolute Gasteiger partial charge is 0.480 e. The normalized spacial score (nSPS) is 14.6. The van der Waals surface area contributed by atoms with Crippen molar-refractivity contribution in [2.45, 2.75) is 46.7 Å². The number of rotatable bonds is 5. The summed E-state index contributed by atoms with van der Waals surface area (Å²) >= 11 is 0. The van der Waals surface area contributed by atoms with Crippen molar-refractivity contribution in [2.75, 3.05) is 0 Å². The maximum absolute atomic E-state index is 11.2. The van der Waals surface area contributed by atoms with Gasteiger partial charge in [0.05, 0.1) is 0 Å². The number of aliphatic carboxylic acids is 1. The van der Waals surface area contributed by atoms with Crippen LogP contribution in [0.1, 0.15) is 43.5 Å². The highest BCUT2D eigenvalue weighted by Gasteiger charge is 2.23. The van der Waals surface area contributed by atoms with Gasteiger partial charge in [0.2, 0.25) is 0 Å². The number of carboxylic acid groups (broad SMARTS) is 1. The predicted molar refractivity (Wildman–Crippen MR) is 73.7 cm³/mol. The molecule has 3 nitrogen and oxygen atoms in total. The van der Waals surface area contributed by atoms with Crippen LogP contribution in [0.3, 0.4) is 0 Å². The van der Waals surface area contributed by atoms with E-state index in [-0.39, 0.29) is 12.0 Å². The fourth-order valence-corrected chi connectivity index (χ4v) is 2.17. The summed E-state index contributed by atoms with van der Waals surface area (Å²) in [5.74, 6) is -0.725. The van der Waals surface area contributed by atoms with E-state index in [1.54, 1.807) is 0 Å². The average molecular weight is 249 g/mol. The lowest BCUT2D eigenvalue weighted by molar-refractivity contribution is -0.140. The van der Waals surface area contributed by atoms with Crippen molar-refractivity contribution < 1.29 is 9.90 Å². The fraction of sp³-hybridized carbons (Fsp3) is 0.533. The lowest BCUT2D eigenvalue weighted by atomic mass is 9.99. The van der Waals surface area contributed by atoms with Crippen molar-refractivity contribution in [2.24, 2.45) is 5.92 Å². The van der Waals surface area contributed by atoms with Gasteiger partial charge in [0.15, 0.2) is 0 Å². The van der Waals surface area contributed by atoms with Crippen molar-refractivity contribution in [1.29, 1.82) is 0 Å². The molecule has 3 heteroatoms. The molecule has 0 aliphatic heterocycles. The molecule has 0 fully saturated rings. The van der Waals surface area contributed by atoms with Crippen LogP contribution in [0.4, 0.5) is 0 Å². The molecule has 1 rings (SSSR count). The summed E-state index contributed by atoms with van der Waals surface area (Å²) in [4.78, 5) is 11.2. The number of nitrogens with one attached hydrogen (secondary N) is 1. The van der Waals surface area contributed by atoms with Crippen molar-refractivity contribution >= 4 is 5.97 Å². The minimum atomic E-state index is -0.791. The fourth-order valence-electron chi connectivity index (χ4n) is 2.17. The summed E-state index contributed by atoms with van der Waals surface area (Å²) in [6.07, 6.45) is 0. The third kappa shape index (κ3) is 3.84. The number of carbonyl (C=O) groups is 1. The molecule has 18 heavy (non-hydrogen) atoms. The first kappa shape index (κ1) is 14.7. The predicted octanol–water partition coefficient (Wildman–Crippen LogP) is 3.06. The topological polar surface area (TPSA) is 49.3 Å². The Hall–Kier alpha value is -1.35. The molecule has 0 radical (unpaired) electrons.